The van der Waals surface area contributed by atoms with Crippen LogP contribution in [0.4, 0.5) is 5.69 Å². The largest absolute Gasteiger partial charge is 0.497 e. The summed E-state index contributed by atoms with van der Waals surface area (Å²) in [5, 5.41) is 7.22. The minimum absolute atomic E-state index is 0.237. The third-order valence-corrected chi connectivity index (χ3v) is 5.52. The number of hydrogen-bond donors (Lipinski definition) is 2. The number of carbonyl (C=O) groups is 2. The number of nitrogens with zero attached hydrogens (tertiary/aromatic N) is 1. The molecule has 3 aromatic rings. The Labute approximate surface area is 191 Å². The van der Waals surface area contributed by atoms with Crippen molar-refractivity contribution >= 4 is 23.2 Å². The predicted molar refractivity (Wildman–Crippen MR) is 124 cm³/mol. The summed E-state index contributed by atoms with van der Waals surface area (Å²) in [6.07, 6.45) is 2.17. The maximum Gasteiger partial charge on any atom is 0.291 e. The number of nitrogens with one attached hydrogen (secondary N) is 2. The third kappa shape index (κ3) is 4.59. The molecule has 1 aromatic heterocycles. The van der Waals surface area contributed by atoms with Crippen molar-refractivity contribution in [3.05, 3.63) is 76.7 Å². The number of methoxy groups -OCH3 is 2. The molecule has 2 amide bonds. The number of ether oxygens (including phenoxy) is 2. The average molecular weight is 447 g/mol. The fraction of sp³-hybridized carbons (Fsp3) is 0.240. The van der Waals surface area contributed by atoms with Crippen molar-refractivity contribution < 1.29 is 23.5 Å². The highest BCUT2D eigenvalue weighted by atomic mass is 16.5. The van der Waals surface area contributed by atoms with Crippen LogP contribution in [-0.4, -0.2) is 31.7 Å². The molecule has 33 heavy (non-hydrogen) atoms. The molecule has 0 fully saturated rings. The minimum Gasteiger partial charge on any atom is -0.497 e. The van der Waals surface area contributed by atoms with E-state index in [1.165, 1.54) is 7.11 Å². The topological polar surface area (TPSA) is 102 Å². The summed E-state index contributed by atoms with van der Waals surface area (Å²) in [5.74, 6) is 1.39. The second-order valence-corrected chi connectivity index (χ2v) is 7.59. The molecule has 0 aliphatic heterocycles. The molecule has 0 atom stereocenters. The van der Waals surface area contributed by atoms with Gasteiger partial charge in [0.25, 0.3) is 11.8 Å². The quantitative estimate of drug-likeness (QED) is 0.548. The number of para-hydroxylation sites is 1. The molecule has 8 heteroatoms. The molecule has 0 saturated heterocycles. The van der Waals surface area contributed by atoms with E-state index in [0.29, 0.717) is 52.6 Å². The van der Waals surface area contributed by atoms with Crippen molar-refractivity contribution in [1.82, 2.24) is 5.43 Å². The number of rotatable bonds is 6. The van der Waals surface area contributed by atoms with Crippen LogP contribution in [0.25, 0.3) is 0 Å². The van der Waals surface area contributed by atoms with Gasteiger partial charge in [0.05, 0.1) is 25.5 Å². The predicted octanol–water partition coefficient (Wildman–Crippen LogP) is 4.33. The Morgan fingerprint density at radius 2 is 1.73 bits per heavy atom. The van der Waals surface area contributed by atoms with Gasteiger partial charge < -0.3 is 19.2 Å². The van der Waals surface area contributed by atoms with E-state index in [4.69, 9.17) is 13.9 Å². The average Bonchev–Trinajstić information content (AvgIpc) is 3.20. The van der Waals surface area contributed by atoms with Crippen LogP contribution >= 0.6 is 0 Å². The lowest BCUT2D eigenvalue weighted by Gasteiger charge is -2.14. The van der Waals surface area contributed by atoms with E-state index in [1.807, 2.05) is 6.92 Å². The number of furan rings is 1. The molecule has 4 rings (SSSR count). The monoisotopic (exact) mass is 447 g/mol. The number of hydrazone groups is 1. The summed E-state index contributed by atoms with van der Waals surface area (Å²) in [6, 6.07) is 14.0. The van der Waals surface area contributed by atoms with Crippen LogP contribution in [0.3, 0.4) is 0 Å². The third-order valence-electron chi connectivity index (χ3n) is 5.52. The standard InChI is InChI=1S/C25H25N3O5/c1-15-22-19(27-28-24(29)18-7-4-5-9-20(18)32-3)8-6-10-21(22)33-23(15)25(30)26-16-11-13-17(31-2)14-12-16/h4-5,7,9,11-14H,6,8,10H2,1-3H3,(H,26,30)(H,28,29)/b27-19+. The Bertz CT molecular complexity index is 1210. The zero-order valence-electron chi connectivity index (χ0n) is 18.7. The molecule has 170 valence electrons. The van der Waals surface area contributed by atoms with E-state index < -0.39 is 0 Å². The summed E-state index contributed by atoms with van der Waals surface area (Å²) < 4.78 is 16.3. The van der Waals surface area contributed by atoms with Gasteiger partial charge in [-0.25, -0.2) is 5.43 Å². The first kappa shape index (κ1) is 22.1. The lowest BCUT2D eigenvalue weighted by atomic mass is 9.93. The van der Waals surface area contributed by atoms with Gasteiger partial charge in [-0.1, -0.05) is 12.1 Å². The summed E-state index contributed by atoms with van der Waals surface area (Å²) in [7, 11) is 3.10. The Hall–Kier alpha value is -4.07. The minimum atomic E-state index is -0.370. The molecule has 1 heterocycles. The van der Waals surface area contributed by atoms with Crippen LogP contribution in [0.1, 0.15) is 50.6 Å². The number of amides is 2. The van der Waals surface area contributed by atoms with E-state index >= 15 is 0 Å². The van der Waals surface area contributed by atoms with E-state index in [0.717, 1.165) is 12.0 Å². The molecule has 1 aliphatic rings. The second-order valence-electron chi connectivity index (χ2n) is 7.59. The van der Waals surface area contributed by atoms with Gasteiger partial charge in [-0.3, -0.25) is 9.59 Å². The zero-order valence-corrected chi connectivity index (χ0v) is 18.7. The van der Waals surface area contributed by atoms with Crippen LogP contribution < -0.4 is 20.2 Å². The molecule has 2 aromatic carbocycles. The van der Waals surface area contributed by atoms with E-state index in [-0.39, 0.29) is 17.6 Å². The molecule has 0 bridgehead atoms. The molecule has 2 N–H and O–H groups in total. The van der Waals surface area contributed by atoms with Crippen LogP contribution in [0.5, 0.6) is 11.5 Å². The fourth-order valence-corrected chi connectivity index (χ4v) is 3.87. The highest BCUT2D eigenvalue weighted by Crippen LogP contribution is 2.30. The number of carbonyl (C=O) groups excluding carboxylic acids is 2. The molecule has 0 unspecified atom stereocenters. The van der Waals surface area contributed by atoms with Gasteiger partial charge in [-0.05, 0) is 56.2 Å². The summed E-state index contributed by atoms with van der Waals surface area (Å²) in [6.45, 7) is 1.83. The first-order valence-corrected chi connectivity index (χ1v) is 10.6. The van der Waals surface area contributed by atoms with Crippen molar-refractivity contribution in [1.29, 1.82) is 0 Å². The van der Waals surface area contributed by atoms with Gasteiger partial charge in [-0.2, -0.15) is 5.10 Å². The number of benzene rings is 2. The van der Waals surface area contributed by atoms with Gasteiger partial charge in [0.1, 0.15) is 17.3 Å². The van der Waals surface area contributed by atoms with Crippen molar-refractivity contribution in [2.75, 3.05) is 19.5 Å². The normalized spacial score (nSPS) is 13.8. The first-order chi connectivity index (χ1) is 16.0. The smallest absolute Gasteiger partial charge is 0.291 e. The lowest BCUT2D eigenvalue weighted by Crippen LogP contribution is -2.22. The molecule has 0 radical (unpaired) electrons. The van der Waals surface area contributed by atoms with E-state index in [2.05, 4.69) is 15.8 Å². The molecular weight excluding hydrogens is 422 g/mol. The van der Waals surface area contributed by atoms with Crippen molar-refractivity contribution in [3.63, 3.8) is 0 Å². The molecule has 0 saturated carbocycles. The first-order valence-electron chi connectivity index (χ1n) is 10.6. The number of anilines is 1. The van der Waals surface area contributed by atoms with Crippen LogP contribution in [0.15, 0.2) is 58.0 Å². The molecule has 0 spiro atoms. The van der Waals surface area contributed by atoms with E-state index in [9.17, 15) is 9.59 Å². The van der Waals surface area contributed by atoms with Gasteiger partial charge in [0.2, 0.25) is 0 Å². The van der Waals surface area contributed by atoms with Gasteiger partial charge in [-0.15, -0.1) is 0 Å². The highest BCUT2D eigenvalue weighted by Gasteiger charge is 2.28. The number of fused-ring (bicyclic) bond motifs is 1. The molecular formula is C25H25N3O5. The van der Waals surface area contributed by atoms with Crippen LogP contribution in [0, 0.1) is 6.92 Å². The van der Waals surface area contributed by atoms with Crippen molar-refractivity contribution in [2.45, 2.75) is 26.2 Å². The lowest BCUT2D eigenvalue weighted by molar-refractivity contribution is 0.0950. The summed E-state index contributed by atoms with van der Waals surface area (Å²) in [4.78, 5) is 25.5. The van der Waals surface area contributed by atoms with Crippen LogP contribution in [-0.2, 0) is 6.42 Å². The maximum absolute atomic E-state index is 12.9. The van der Waals surface area contributed by atoms with Crippen LogP contribution in [0.2, 0.25) is 0 Å². The molecule has 8 nitrogen and oxygen atoms in total. The number of hydrogen-bond acceptors (Lipinski definition) is 6. The Balaban J connectivity index is 1.55. The van der Waals surface area contributed by atoms with E-state index in [1.54, 1.807) is 55.6 Å². The maximum atomic E-state index is 12.9. The zero-order chi connectivity index (χ0) is 23.4. The van der Waals surface area contributed by atoms with Gasteiger partial charge in [0, 0.05) is 23.2 Å². The highest BCUT2D eigenvalue weighted by molar-refractivity contribution is 6.09. The number of aryl methyl sites for hydroxylation is 1. The van der Waals surface area contributed by atoms with Gasteiger partial charge >= 0.3 is 0 Å². The van der Waals surface area contributed by atoms with Crippen molar-refractivity contribution in [3.8, 4) is 11.5 Å². The SMILES string of the molecule is COc1ccc(NC(=O)c2oc3c(c2C)/C(=N/NC(=O)c2ccccc2OC)CCC3)cc1. The second kappa shape index (κ2) is 9.60. The van der Waals surface area contributed by atoms with Gasteiger partial charge in [0.15, 0.2) is 5.76 Å². The summed E-state index contributed by atoms with van der Waals surface area (Å²) >= 11 is 0. The molecule has 1 aliphatic carbocycles. The Morgan fingerprint density at radius 1 is 0.970 bits per heavy atom. The Morgan fingerprint density at radius 3 is 2.45 bits per heavy atom. The fourth-order valence-electron chi connectivity index (χ4n) is 3.87. The Kier molecular flexibility index (Phi) is 6.44. The summed E-state index contributed by atoms with van der Waals surface area (Å²) in [5.41, 5.74) is 5.80. The van der Waals surface area contributed by atoms with Crippen molar-refractivity contribution in [2.24, 2.45) is 5.10 Å².